The third-order valence-corrected chi connectivity index (χ3v) is 4.59. The van der Waals surface area contributed by atoms with Crippen LogP contribution in [-0.2, 0) is 13.1 Å². The molecule has 7 nitrogen and oxygen atoms in total. The molecular weight excluding hydrogens is 371 g/mol. The lowest BCUT2D eigenvalue weighted by atomic mass is 10.2. The molecule has 0 unspecified atom stereocenters. The van der Waals surface area contributed by atoms with Crippen LogP contribution < -0.4 is 4.90 Å². The van der Waals surface area contributed by atoms with Gasteiger partial charge in [-0.25, -0.2) is 19.0 Å². The molecule has 0 fully saturated rings. The van der Waals surface area contributed by atoms with Crippen molar-refractivity contribution in [2.75, 3.05) is 18.1 Å². The molecule has 0 amide bonds. The topological polar surface area (TPSA) is 80.0 Å². The molecule has 0 saturated heterocycles. The summed E-state index contributed by atoms with van der Waals surface area (Å²) in [6.07, 6.45) is 0. The summed E-state index contributed by atoms with van der Waals surface area (Å²) in [7, 11) is 0. The first-order valence-electron chi connectivity index (χ1n) is 9.36. The molecule has 0 radical (unpaired) electrons. The fraction of sp³-hybridized carbons (Fsp3) is 0.238. The van der Waals surface area contributed by atoms with Crippen LogP contribution in [0.1, 0.15) is 17.0 Å². The van der Waals surface area contributed by atoms with Crippen LogP contribution in [0.3, 0.4) is 0 Å². The third kappa shape index (κ3) is 4.22. The van der Waals surface area contributed by atoms with E-state index in [2.05, 4.69) is 20.3 Å². The largest absolute Gasteiger partial charge is 0.395 e. The first-order chi connectivity index (χ1) is 14.1. The Morgan fingerprint density at radius 1 is 1.00 bits per heavy atom. The van der Waals surface area contributed by atoms with Crippen LogP contribution in [0, 0.1) is 12.7 Å². The van der Waals surface area contributed by atoms with E-state index in [9.17, 15) is 9.50 Å². The summed E-state index contributed by atoms with van der Waals surface area (Å²) in [5.41, 5.74) is 3.17. The Balaban J connectivity index is 1.71. The number of nitrogens with zero attached hydrogens (tertiary/aromatic N) is 6. The summed E-state index contributed by atoms with van der Waals surface area (Å²) >= 11 is 0. The van der Waals surface area contributed by atoms with Gasteiger partial charge in [-0.3, -0.25) is 0 Å². The van der Waals surface area contributed by atoms with Gasteiger partial charge in [0, 0.05) is 13.1 Å². The van der Waals surface area contributed by atoms with Crippen molar-refractivity contribution in [2.24, 2.45) is 0 Å². The highest BCUT2D eigenvalue weighted by Crippen LogP contribution is 2.24. The van der Waals surface area contributed by atoms with Gasteiger partial charge in [0.25, 0.3) is 0 Å². The molecule has 8 heteroatoms. The van der Waals surface area contributed by atoms with Gasteiger partial charge < -0.3 is 10.0 Å². The van der Waals surface area contributed by atoms with Gasteiger partial charge in [-0.15, -0.1) is 5.10 Å². The lowest BCUT2D eigenvalue weighted by Gasteiger charge is -2.23. The van der Waals surface area contributed by atoms with Crippen LogP contribution in [0.2, 0.25) is 0 Å². The number of aliphatic hydroxyl groups excluding tert-OH is 1. The first kappa shape index (κ1) is 18.9. The van der Waals surface area contributed by atoms with Crippen LogP contribution >= 0.6 is 0 Å². The van der Waals surface area contributed by atoms with Gasteiger partial charge in [-0.05, 0) is 30.2 Å². The van der Waals surface area contributed by atoms with Gasteiger partial charge >= 0.3 is 0 Å². The minimum absolute atomic E-state index is 0.0128. The molecule has 0 bridgehead atoms. The van der Waals surface area contributed by atoms with E-state index >= 15 is 0 Å². The van der Waals surface area contributed by atoms with Crippen molar-refractivity contribution in [1.82, 2.24) is 25.0 Å². The Hall–Kier alpha value is -3.39. The van der Waals surface area contributed by atoms with Crippen molar-refractivity contribution in [3.8, 4) is 0 Å². The number of aliphatic hydroxyl groups is 1. The molecule has 0 atom stereocenters. The lowest BCUT2D eigenvalue weighted by Crippen LogP contribution is -2.27. The number of rotatable bonds is 7. The Labute approximate surface area is 167 Å². The number of anilines is 1. The quantitative estimate of drug-likeness (QED) is 0.521. The van der Waals surface area contributed by atoms with Crippen molar-refractivity contribution < 1.29 is 9.50 Å². The van der Waals surface area contributed by atoms with Gasteiger partial charge in [0.05, 0.1) is 13.2 Å². The van der Waals surface area contributed by atoms with Crippen molar-refractivity contribution >= 4 is 17.0 Å². The second-order valence-corrected chi connectivity index (χ2v) is 6.77. The van der Waals surface area contributed by atoms with Crippen molar-refractivity contribution in [2.45, 2.75) is 20.0 Å². The Kier molecular flexibility index (Phi) is 5.44. The van der Waals surface area contributed by atoms with Crippen LogP contribution in [0.25, 0.3) is 11.2 Å². The summed E-state index contributed by atoms with van der Waals surface area (Å²) in [6, 6.07) is 16.2. The fourth-order valence-corrected chi connectivity index (χ4v) is 3.22. The normalized spacial score (nSPS) is 11.1. The number of aryl methyl sites for hydroxylation is 1. The van der Waals surface area contributed by atoms with E-state index in [4.69, 9.17) is 0 Å². The first-order valence-corrected chi connectivity index (χ1v) is 9.36. The zero-order valence-corrected chi connectivity index (χ0v) is 16.0. The Bertz CT molecular complexity index is 1100. The third-order valence-electron chi connectivity index (χ3n) is 4.59. The van der Waals surface area contributed by atoms with E-state index in [0.717, 1.165) is 11.1 Å². The number of halogens is 1. The van der Waals surface area contributed by atoms with Gasteiger partial charge in [0.15, 0.2) is 17.0 Å². The summed E-state index contributed by atoms with van der Waals surface area (Å²) in [6.45, 7) is 3.22. The van der Waals surface area contributed by atoms with E-state index in [1.54, 1.807) is 16.8 Å². The molecule has 4 aromatic rings. The average molecular weight is 392 g/mol. The van der Waals surface area contributed by atoms with E-state index < -0.39 is 0 Å². The maximum Gasteiger partial charge on any atom is 0.184 e. The molecule has 2 aromatic heterocycles. The van der Waals surface area contributed by atoms with Crippen LogP contribution in [0.4, 0.5) is 10.2 Å². The highest BCUT2D eigenvalue weighted by Gasteiger charge is 2.19. The second kappa shape index (κ2) is 8.32. The molecule has 4 rings (SSSR count). The molecule has 0 aliphatic carbocycles. The molecule has 148 valence electrons. The van der Waals surface area contributed by atoms with Crippen molar-refractivity contribution in [1.29, 1.82) is 0 Å². The molecule has 1 N–H and O–H groups in total. The summed E-state index contributed by atoms with van der Waals surface area (Å²) < 4.78 is 14.9. The molecule has 0 saturated carbocycles. The predicted molar refractivity (Wildman–Crippen MR) is 108 cm³/mol. The molecule has 29 heavy (non-hydrogen) atoms. The average Bonchev–Trinajstić information content (AvgIpc) is 3.12. The molecule has 0 aliphatic heterocycles. The minimum atomic E-state index is -0.279. The van der Waals surface area contributed by atoms with Gasteiger partial charge in [-0.1, -0.05) is 47.7 Å². The van der Waals surface area contributed by atoms with Gasteiger partial charge in [0.2, 0.25) is 0 Å². The molecular formula is C21H21FN6O. The smallest absolute Gasteiger partial charge is 0.184 e. The fourth-order valence-electron chi connectivity index (χ4n) is 3.22. The zero-order valence-electron chi connectivity index (χ0n) is 16.0. The summed E-state index contributed by atoms with van der Waals surface area (Å²) in [4.78, 5) is 11.1. The van der Waals surface area contributed by atoms with Crippen molar-refractivity contribution in [3.05, 3.63) is 77.4 Å². The van der Waals surface area contributed by atoms with Crippen LogP contribution in [-0.4, -0.2) is 43.2 Å². The van der Waals surface area contributed by atoms with E-state index in [1.807, 2.05) is 42.2 Å². The second-order valence-electron chi connectivity index (χ2n) is 6.77. The highest BCUT2D eigenvalue weighted by atomic mass is 19.1. The number of hydrogen-bond donors (Lipinski definition) is 1. The maximum atomic E-state index is 13.2. The van der Waals surface area contributed by atoms with Crippen LogP contribution in [0.15, 0.2) is 54.6 Å². The van der Waals surface area contributed by atoms with E-state index in [1.165, 1.54) is 12.1 Å². The van der Waals surface area contributed by atoms with Crippen LogP contribution in [0.5, 0.6) is 0 Å². The molecule has 2 heterocycles. The summed E-state index contributed by atoms with van der Waals surface area (Å²) in [5.74, 6) is 0.945. The standard InChI is InChI=1S/C21H21FN6O/c1-15-23-20(27(11-12-29)13-16-5-3-2-4-6-16)19-21(24-15)28(26-25-19)14-17-7-9-18(22)10-8-17/h2-10,29H,11-14H2,1H3. The lowest BCUT2D eigenvalue weighted by molar-refractivity contribution is 0.301. The van der Waals surface area contributed by atoms with E-state index in [-0.39, 0.29) is 12.4 Å². The minimum Gasteiger partial charge on any atom is -0.395 e. The van der Waals surface area contributed by atoms with Gasteiger partial charge in [-0.2, -0.15) is 0 Å². The highest BCUT2D eigenvalue weighted by molar-refractivity contribution is 5.83. The zero-order chi connectivity index (χ0) is 20.2. The summed E-state index contributed by atoms with van der Waals surface area (Å²) in [5, 5.41) is 18.1. The molecule has 0 spiro atoms. The monoisotopic (exact) mass is 392 g/mol. The molecule has 2 aromatic carbocycles. The Morgan fingerprint density at radius 3 is 2.48 bits per heavy atom. The predicted octanol–water partition coefficient (Wildman–Crippen LogP) is 2.72. The van der Waals surface area contributed by atoms with Crippen molar-refractivity contribution in [3.63, 3.8) is 0 Å². The Morgan fingerprint density at radius 2 is 1.76 bits per heavy atom. The number of hydrogen-bond acceptors (Lipinski definition) is 6. The van der Waals surface area contributed by atoms with Gasteiger partial charge in [0.1, 0.15) is 11.6 Å². The number of fused-ring (bicyclic) bond motifs is 1. The SMILES string of the molecule is Cc1nc(N(CCO)Cc2ccccc2)c2nnn(Cc3ccc(F)cc3)c2n1. The number of aromatic nitrogens is 5. The van der Waals surface area contributed by atoms with E-state index in [0.29, 0.717) is 42.4 Å². The maximum absolute atomic E-state index is 13.2. The number of benzene rings is 2. The molecule has 0 aliphatic rings.